The normalized spacial score (nSPS) is 11.0. The number of thiophene rings is 1. The number of nitrogens with zero attached hydrogens (tertiary/aromatic N) is 1. The summed E-state index contributed by atoms with van der Waals surface area (Å²) in [5.41, 5.74) is 14.9. The van der Waals surface area contributed by atoms with E-state index in [1.807, 2.05) is 50.4 Å². The average Bonchev–Trinajstić information content (AvgIpc) is 3.05. The number of pyridine rings is 1. The fourth-order valence-corrected chi connectivity index (χ4v) is 3.65. The number of aromatic nitrogens is 1. The van der Waals surface area contributed by atoms with Crippen molar-refractivity contribution in [1.82, 2.24) is 10.3 Å². The molecule has 0 unspecified atom stereocenters. The highest BCUT2D eigenvalue weighted by molar-refractivity contribution is 7.18. The SMILES string of the molecule is CC(C)(C)OC(=O)NCC#Cc1cnc(N)c2c(-c3ccc(N)cc3)csc12. The topological polar surface area (TPSA) is 103 Å². The second kappa shape index (κ2) is 7.79. The molecule has 144 valence electrons. The summed E-state index contributed by atoms with van der Waals surface area (Å²) < 4.78 is 6.15. The molecule has 5 N–H and O–H groups in total. The Labute approximate surface area is 167 Å². The van der Waals surface area contributed by atoms with Crippen molar-refractivity contribution in [1.29, 1.82) is 0 Å². The molecule has 2 heterocycles. The Hall–Kier alpha value is -3.24. The molecule has 0 aliphatic heterocycles. The van der Waals surface area contributed by atoms with Crippen LogP contribution in [0.2, 0.25) is 0 Å². The van der Waals surface area contributed by atoms with Crippen LogP contribution in [-0.4, -0.2) is 23.2 Å². The molecule has 3 rings (SSSR count). The van der Waals surface area contributed by atoms with Gasteiger partial charge in [0.1, 0.15) is 11.4 Å². The molecule has 0 atom stereocenters. The largest absolute Gasteiger partial charge is 0.444 e. The fourth-order valence-electron chi connectivity index (χ4n) is 2.60. The van der Waals surface area contributed by atoms with Gasteiger partial charge in [-0.25, -0.2) is 9.78 Å². The van der Waals surface area contributed by atoms with E-state index >= 15 is 0 Å². The lowest BCUT2D eigenvalue weighted by atomic mass is 10.0. The first-order chi connectivity index (χ1) is 13.2. The molecule has 1 aromatic carbocycles. The highest BCUT2D eigenvalue weighted by Crippen LogP contribution is 2.38. The number of carbonyl (C=O) groups excluding carboxylic acids is 1. The first-order valence-electron chi connectivity index (χ1n) is 8.72. The molecule has 0 saturated carbocycles. The summed E-state index contributed by atoms with van der Waals surface area (Å²) >= 11 is 1.56. The maximum Gasteiger partial charge on any atom is 0.408 e. The van der Waals surface area contributed by atoms with Crippen LogP contribution in [0.5, 0.6) is 0 Å². The van der Waals surface area contributed by atoms with Gasteiger partial charge in [0.05, 0.1) is 16.8 Å². The molecule has 2 aromatic heterocycles. The van der Waals surface area contributed by atoms with Gasteiger partial charge < -0.3 is 21.5 Å². The first-order valence-corrected chi connectivity index (χ1v) is 9.60. The molecule has 6 nitrogen and oxygen atoms in total. The zero-order valence-electron chi connectivity index (χ0n) is 16.0. The average molecular weight is 395 g/mol. The van der Waals surface area contributed by atoms with Gasteiger partial charge in [0, 0.05) is 22.8 Å². The lowest BCUT2D eigenvalue weighted by Gasteiger charge is -2.18. The molecule has 1 amide bonds. The van der Waals surface area contributed by atoms with Crippen LogP contribution in [0.25, 0.3) is 21.2 Å². The number of amides is 1. The van der Waals surface area contributed by atoms with Crippen LogP contribution in [0.15, 0.2) is 35.8 Å². The predicted octanol–water partition coefficient (Wildman–Crippen LogP) is 4.00. The number of fused-ring (bicyclic) bond motifs is 1. The summed E-state index contributed by atoms with van der Waals surface area (Å²) in [4.78, 5) is 16.0. The van der Waals surface area contributed by atoms with Crippen molar-refractivity contribution < 1.29 is 9.53 Å². The van der Waals surface area contributed by atoms with Crippen molar-refractivity contribution in [3.8, 4) is 23.0 Å². The van der Waals surface area contributed by atoms with E-state index in [9.17, 15) is 4.79 Å². The molecule has 7 heteroatoms. The van der Waals surface area contributed by atoms with Gasteiger partial charge in [0.25, 0.3) is 0 Å². The minimum absolute atomic E-state index is 0.178. The molecule has 0 bridgehead atoms. The number of benzene rings is 1. The summed E-state index contributed by atoms with van der Waals surface area (Å²) in [5, 5.41) is 5.53. The van der Waals surface area contributed by atoms with Crippen molar-refractivity contribution in [2.45, 2.75) is 26.4 Å². The van der Waals surface area contributed by atoms with E-state index in [-0.39, 0.29) is 6.54 Å². The van der Waals surface area contributed by atoms with Crippen LogP contribution in [0.1, 0.15) is 26.3 Å². The molecule has 0 aliphatic rings. The fraction of sp³-hybridized carbons (Fsp3) is 0.238. The van der Waals surface area contributed by atoms with Crippen molar-refractivity contribution in [3.05, 3.63) is 41.4 Å². The molecule has 28 heavy (non-hydrogen) atoms. The lowest BCUT2D eigenvalue weighted by Crippen LogP contribution is -2.32. The van der Waals surface area contributed by atoms with Crippen LogP contribution in [0, 0.1) is 11.8 Å². The van der Waals surface area contributed by atoms with Crippen molar-refractivity contribution in [3.63, 3.8) is 0 Å². The number of anilines is 2. The summed E-state index contributed by atoms with van der Waals surface area (Å²) in [6.07, 6.45) is 1.16. The Bertz CT molecular complexity index is 1070. The number of nitrogens with two attached hydrogens (primary N) is 2. The first kappa shape index (κ1) is 19.5. The third-order valence-electron chi connectivity index (χ3n) is 3.79. The summed E-state index contributed by atoms with van der Waals surface area (Å²) in [5.74, 6) is 6.45. The van der Waals surface area contributed by atoms with E-state index in [0.717, 1.165) is 26.8 Å². The number of alkyl carbamates (subject to hydrolysis) is 1. The van der Waals surface area contributed by atoms with Crippen LogP contribution < -0.4 is 16.8 Å². The van der Waals surface area contributed by atoms with Gasteiger partial charge in [-0.1, -0.05) is 24.0 Å². The van der Waals surface area contributed by atoms with Gasteiger partial charge in [-0.05, 0) is 43.8 Å². The molecule has 3 aromatic rings. The molecular formula is C21H22N4O2S. The Morgan fingerprint density at radius 3 is 2.64 bits per heavy atom. The second-order valence-corrected chi connectivity index (χ2v) is 8.07. The highest BCUT2D eigenvalue weighted by atomic mass is 32.1. The molecule has 0 radical (unpaired) electrons. The van der Waals surface area contributed by atoms with Crippen LogP contribution in [-0.2, 0) is 4.74 Å². The third-order valence-corrected chi connectivity index (χ3v) is 4.80. The minimum Gasteiger partial charge on any atom is -0.444 e. The zero-order chi connectivity index (χ0) is 20.3. The molecule has 0 saturated heterocycles. The second-order valence-electron chi connectivity index (χ2n) is 7.19. The minimum atomic E-state index is -0.542. The zero-order valence-corrected chi connectivity index (χ0v) is 16.8. The number of nitrogens with one attached hydrogen (secondary N) is 1. The predicted molar refractivity (Wildman–Crippen MR) is 115 cm³/mol. The van der Waals surface area contributed by atoms with Crippen LogP contribution in [0.3, 0.4) is 0 Å². The molecule has 0 spiro atoms. The monoisotopic (exact) mass is 394 g/mol. The van der Waals surface area contributed by atoms with Gasteiger partial charge in [-0.15, -0.1) is 11.3 Å². The lowest BCUT2D eigenvalue weighted by molar-refractivity contribution is 0.0535. The number of hydrogen-bond donors (Lipinski definition) is 3. The molecule has 0 fully saturated rings. The number of ether oxygens (including phenoxy) is 1. The smallest absolute Gasteiger partial charge is 0.408 e. The van der Waals surface area contributed by atoms with Crippen molar-refractivity contribution in [2.24, 2.45) is 0 Å². The Kier molecular flexibility index (Phi) is 5.43. The van der Waals surface area contributed by atoms with Gasteiger partial charge in [0.15, 0.2) is 0 Å². The van der Waals surface area contributed by atoms with Crippen molar-refractivity contribution >= 4 is 39.0 Å². The third kappa shape index (κ3) is 4.53. The summed E-state index contributed by atoms with van der Waals surface area (Å²) in [6.45, 7) is 5.61. The Balaban J connectivity index is 1.84. The van der Waals surface area contributed by atoms with E-state index < -0.39 is 11.7 Å². The van der Waals surface area contributed by atoms with E-state index in [0.29, 0.717) is 11.5 Å². The Morgan fingerprint density at radius 2 is 1.96 bits per heavy atom. The summed E-state index contributed by atoms with van der Waals surface area (Å²) in [7, 11) is 0. The van der Waals surface area contributed by atoms with E-state index in [1.165, 1.54) is 0 Å². The maximum absolute atomic E-state index is 11.7. The maximum atomic E-state index is 11.7. The highest BCUT2D eigenvalue weighted by Gasteiger charge is 2.15. The van der Waals surface area contributed by atoms with Gasteiger partial charge in [0.2, 0.25) is 0 Å². The standard InChI is InChI=1S/C21H22N4O2S/c1-21(2,3)27-20(26)24-10-4-5-14-11-25-19(23)17-16(12-28-18(14)17)13-6-8-15(22)9-7-13/h6-9,11-12H,10,22H2,1-3H3,(H2,23,25)(H,24,26). The van der Waals surface area contributed by atoms with Crippen LogP contribution in [0.4, 0.5) is 16.3 Å². The number of rotatable bonds is 2. The van der Waals surface area contributed by atoms with E-state index in [1.54, 1.807) is 17.5 Å². The summed E-state index contributed by atoms with van der Waals surface area (Å²) in [6, 6.07) is 7.63. The van der Waals surface area contributed by atoms with Gasteiger partial charge >= 0.3 is 6.09 Å². The number of hydrogen-bond acceptors (Lipinski definition) is 6. The van der Waals surface area contributed by atoms with E-state index in [2.05, 4.69) is 22.1 Å². The van der Waals surface area contributed by atoms with Gasteiger partial charge in [-0.2, -0.15) is 0 Å². The quantitative estimate of drug-likeness (QED) is 0.450. The van der Waals surface area contributed by atoms with Crippen molar-refractivity contribution in [2.75, 3.05) is 18.0 Å². The molecule has 0 aliphatic carbocycles. The van der Waals surface area contributed by atoms with Gasteiger partial charge in [-0.3, -0.25) is 0 Å². The van der Waals surface area contributed by atoms with Crippen LogP contribution >= 0.6 is 11.3 Å². The Morgan fingerprint density at radius 1 is 1.25 bits per heavy atom. The number of nitrogen functional groups attached to an aromatic ring is 2. The number of carbonyl (C=O) groups is 1. The van der Waals surface area contributed by atoms with E-state index in [4.69, 9.17) is 16.2 Å². The molecular weight excluding hydrogens is 372 g/mol.